The van der Waals surface area contributed by atoms with E-state index in [9.17, 15) is 16.8 Å². The second-order valence-corrected chi connectivity index (χ2v) is 10.5. The largest absolute Gasteiger partial charge is 0.486 e. The van der Waals surface area contributed by atoms with Gasteiger partial charge in [-0.05, 0) is 49.2 Å². The van der Waals surface area contributed by atoms with Gasteiger partial charge in [0.25, 0.3) is 0 Å². The molecule has 9 heteroatoms. The Morgan fingerprint density at radius 1 is 0.926 bits per heavy atom. The Labute approximate surface area is 158 Å². The third-order valence-electron chi connectivity index (χ3n) is 4.70. The van der Waals surface area contributed by atoms with E-state index in [1.165, 1.54) is 22.5 Å². The van der Waals surface area contributed by atoms with Crippen LogP contribution in [0.1, 0.15) is 12.5 Å². The van der Waals surface area contributed by atoms with E-state index in [4.69, 9.17) is 9.47 Å². The summed E-state index contributed by atoms with van der Waals surface area (Å²) in [5.74, 6) is 0.923. The predicted octanol–water partition coefficient (Wildman–Crippen LogP) is 2.00. The highest BCUT2D eigenvalue weighted by Gasteiger charge is 2.33. The van der Waals surface area contributed by atoms with E-state index in [-0.39, 0.29) is 15.8 Å². The van der Waals surface area contributed by atoms with E-state index in [2.05, 4.69) is 0 Å². The Bertz CT molecular complexity index is 1120. The fourth-order valence-electron chi connectivity index (χ4n) is 3.58. The number of benzene rings is 2. The highest BCUT2D eigenvalue weighted by molar-refractivity contribution is 7.92. The lowest BCUT2D eigenvalue weighted by molar-refractivity contribution is 0.171. The minimum Gasteiger partial charge on any atom is -0.486 e. The Kier molecular flexibility index (Phi) is 4.12. The summed E-state index contributed by atoms with van der Waals surface area (Å²) >= 11 is 0. The first-order valence-electron chi connectivity index (χ1n) is 8.45. The van der Waals surface area contributed by atoms with Crippen LogP contribution in [0.25, 0.3) is 0 Å². The Morgan fingerprint density at radius 3 is 2.26 bits per heavy atom. The van der Waals surface area contributed by atoms with Crippen molar-refractivity contribution in [3.05, 3.63) is 42.0 Å². The molecule has 0 aromatic heterocycles. The third-order valence-corrected chi connectivity index (χ3v) is 7.72. The van der Waals surface area contributed by atoms with Gasteiger partial charge in [0.2, 0.25) is 19.9 Å². The van der Waals surface area contributed by atoms with Gasteiger partial charge in [-0.1, -0.05) is 0 Å². The highest BCUT2D eigenvalue weighted by atomic mass is 32.2. The second-order valence-electron chi connectivity index (χ2n) is 6.71. The number of nitrogens with zero attached hydrogens (tertiary/aromatic N) is 1. The number of hydrogen-bond donors (Lipinski definition) is 0. The van der Waals surface area contributed by atoms with Crippen molar-refractivity contribution in [2.75, 3.05) is 23.8 Å². The molecule has 0 bridgehead atoms. The van der Waals surface area contributed by atoms with Crippen LogP contribution >= 0.6 is 0 Å². The number of anilines is 1. The number of sulfonamides is 1. The molecule has 7 nitrogen and oxygen atoms in total. The maximum atomic E-state index is 13.1. The monoisotopic (exact) mass is 409 g/mol. The summed E-state index contributed by atoms with van der Waals surface area (Å²) in [6.45, 7) is 2.60. The first kappa shape index (κ1) is 18.1. The molecule has 0 saturated heterocycles. The first-order valence-corrected chi connectivity index (χ1v) is 11.8. The molecule has 2 aliphatic rings. The van der Waals surface area contributed by atoms with Crippen LogP contribution in [0, 0.1) is 0 Å². The zero-order valence-corrected chi connectivity index (χ0v) is 16.5. The average Bonchev–Trinajstić information content (AvgIpc) is 2.96. The van der Waals surface area contributed by atoms with Gasteiger partial charge in [0.05, 0.1) is 21.7 Å². The molecule has 1 atom stereocenters. The van der Waals surface area contributed by atoms with E-state index in [1.54, 1.807) is 25.1 Å². The topological polar surface area (TPSA) is 90.0 Å². The van der Waals surface area contributed by atoms with Crippen molar-refractivity contribution in [1.82, 2.24) is 0 Å². The van der Waals surface area contributed by atoms with Gasteiger partial charge in [0.1, 0.15) is 13.2 Å². The van der Waals surface area contributed by atoms with Crippen molar-refractivity contribution in [1.29, 1.82) is 0 Å². The fraction of sp³-hybridized carbons (Fsp3) is 0.333. The van der Waals surface area contributed by atoms with E-state index < -0.39 is 19.9 Å². The number of ether oxygens (including phenoxy) is 2. The van der Waals surface area contributed by atoms with Crippen LogP contribution in [0.5, 0.6) is 11.5 Å². The maximum Gasteiger partial charge on any atom is 0.232 e. The van der Waals surface area contributed by atoms with Crippen molar-refractivity contribution in [3.8, 4) is 11.5 Å². The summed E-state index contributed by atoms with van der Waals surface area (Å²) in [6.07, 6.45) is 1.62. The van der Waals surface area contributed by atoms with Gasteiger partial charge < -0.3 is 9.47 Å². The first-order chi connectivity index (χ1) is 12.7. The fourth-order valence-corrected chi connectivity index (χ4v) is 6.17. The van der Waals surface area contributed by atoms with Crippen LogP contribution in [0.15, 0.2) is 46.2 Å². The zero-order valence-electron chi connectivity index (χ0n) is 14.9. The van der Waals surface area contributed by atoms with Crippen LogP contribution in [-0.4, -0.2) is 42.3 Å². The van der Waals surface area contributed by atoms with E-state index in [0.717, 1.165) is 6.26 Å². The molecule has 1 unspecified atom stereocenters. The number of sulfone groups is 1. The molecule has 2 aliphatic heterocycles. The van der Waals surface area contributed by atoms with Crippen LogP contribution in [0.4, 0.5) is 5.69 Å². The van der Waals surface area contributed by atoms with Crippen molar-refractivity contribution in [2.24, 2.45) is 0 Å². The summed E-state index contributed by atoms with van der Waals surface area (Å²) in [6, 6.07) is 8.85. The van der Waals surface area contributed by atoms with Gasteiger partial charge in [-0.2, -0.15) is 0 Å². The molecule has 27 heavy (non-hydrogen) atoms. The Morgan fingerprint density at radius 2 is 1.56 bits per heavy atom. The summed E-state index contributed by atoms with van der Waals surface area (Å²) in [5.41, 5.74) is 1.23. The van der Waals surface area contributed by atoms with E-state index >= 15 is 0 Å². The lowest BCUT2D eigenvalue weighted by Crippen LogP contribution is -2.34. The second kappa shape index (κ2) is 6.13. The molecule has 2 aromatic carbocycles. The van der Waals surface area contributed by atoms with Crippen LogP contribution in [0.3, 0.4) is 0 Å². The molecule has 2 heterocycles. The molecule has 0 radical (unpaired) electrons. The summed E-state index contributed by atoms with van der Waals surface area (Å²) in [7, 11) is -7.19. The van der Waals surface area contributed by atoms with E-state index in [0.29, 0.717) is 42.4 Å². The van der Waals surface area contributed by atoms with Crippen LogP contribution in [0.2, 0.25) is 0 Å². The van der Waals surface area contributed by atoms with Gasteiger partial charge in [-0.25, -0.2) is 16.8 Å². The van der Waals surface area contributed by atoms with Gasteiger partial charge in [-0.3, -0.25) is 4.31 Å². The van der Waals surface area contributed by atoms with Crippen molar-refractivity contribution < 1.29 is 26.3 Å². The Balaban J connectivity index is 1.75. The van der Waals surface area contributed by atoms with Crippen molar-refractivity contribution in [2.45, 2.75) is 29.2 Å². The normalized spacial score (nSPS) is 19.0. The minimum atomic E-state index is -3.77. The van der Waals surface area contributed by atoms with Gasteiger partial charge >= 0.3 is 0 Å². The van der Waals surface area contributed by atoms with Crippen molar-refractivity contribution in [3.63, 3.8) is 0 Å². The van der Waals surface area contributed by atoms with Gasteiger partial charge in [0.15, 0.2) is 11.5 Å². The average molecular weight is 409 g/mol. The lowest BCUT2D eigenvalue weighted by atomic mass is 10.1. The molecule has 0 N–H and O–H groups in total. The Hall–Kier alpha value is -2.26. The standard InChI is InChI=1S/C18H19NO6S2/c1-12-9-13-10-14(3-5-16(13)19(12)26(2,20)21)27(22,23)15-4-6-17-18(11-15)25-8-7-24-17/h3-6,10-12H,7-9H2,1-2H3. The molecule has 0 amide bonds. The zero-order chi connectivity index (χ0) is 19.4. The molecule has 144 valence electrons. The van der Waals surface area contributed by atoms with Crippen LogP contribution in [-0.2, 0) is 26.3 Å². The van der Waals surface area contributed by atoms with E-state index in [1.807, 2.05) is 0 Å². The predicted molar refractivity (Wildman–Crippen MR) is 99.8 cm³/mol. The highest BCUT2D eigenvalue weighted by Crippen LogP contribution is 2.38. The minimum absolute atomic E-state index is 0.109. The molecule has 0 saturated carbocycles. The lowest BCUT2D eigenvalue weighted by Gasteiger charge is -2.22. The number of rotatable bonds is 3. The molecule has 0 spiro atoms. The van der Waals surface area contributed by atoms with Crippen LogP contribution < -0.4 is 13.8 Å². The molecule has 2 aromatic rings. The molecular weight excluding hydrogens is 390 g/mol. The number of hydrogen-bond acceptors (Lipinski definition) is 6. The number of fused-ring (bicyclic) bond motifs is 2. The molecular formula is C18H19NO6S2. The quantitative estimate of drug-likeness (QED) is 0.770. The summed E-state index contributed by atoms with van der Waals surface area (Å²) in [5, 5.41) is 0. The van der Waals surface area contributed by atoms with Gasteiger partial charge in [-0.15, -0.1) is 0 Å². The smallest absolute Gasteiger partial charge is 0.232 e. The summed E-state index contributed by atoms with van der Waals surface area (Å²) in [4.78, 5) is 0.234. The third kappa shape index (κ3) is 3.04. The maximum absolute atomic E-state index is 13.1. The SMILES string of the molecule is CC1Cc2cc(S(=O)(=O)c3ccc4c(c3)OCCO4)ccc2N1S(C)(=O)=O. The molecule has 4 rings (SSSR count). The van der Waals surface area contributed by atoms with Crippen molar-refractivity contribution >= 4 is 25.5 Å². The molecule has 0 fully saturated rings. The molecule has 0 aliphatic carbocycles. The van der Waals surface area contributed by atoms with Gasteiger partial charge in [0, 0.05) is 12.1 Å². The summed E-state index contributed by atoms with van der Waals surface area (Å²) < 4.78 is 62.4.